The van der Waals surface area contributed by atoms with E-state index in [-0.39, 0.29) is 12.3 Å². The second kappa shape index (κ2) is 6.80. The standard InChI is InChI=1S/C10H23NO6P2S/c1-11(5-6-20)4-2-3-9(8-11)7-10(18(12,13)14)19(15,16)17/h9-10H,2-8H2,1H3,(H4-,12,13,14,15,16,17,20)/p+1. The summed E-state index contributed by atoms with van der Waals surface area (Å²) in [7, 11) is -7.56. The van der Waals surface area contributed by atoms with Crippen molar-refractivity contribution >= 4 is 27.8 Å². The van der Waals surface area contributed by atoms with Gasteiger partial charge in [-0.15, -0.1) is 0 Å². The third kappa shape index (κ3) is 5.43. The minimum Gasteiger partial charge on any atom is -0.325 e. The van der Waals surface area contributed by atoms with Crippen molar-refractivity contribution in [1.29, 1.82) is 0 Å². The van der Waals surface area contributed by atoms with E-state index in [0.29, 0.717) is 12.3 Å². The van der Waals surface area contributed by atoms with Crippen LogP contribution in [-0.4, -0.2) is 61.9 Å². The number of hydrogen-bond donors (Lipinski definition) is 5. The van der Waals surface area contributed by atoms with E-state index in [0.717, 1.165) is 30.4 Å². The maximum Gasteiger partial charge on any atom is 0.340 e. The fourth-order valence-electron chi connectivity index (χ4n) is 2.97. The van der Waals surface area contributed by atoms with E-state index in [2.05, 4.69) is 12.6 Å². The number of rotatable bonds is 6. The van der Waals surface area contributed by atoms with Gasteiger partial charge in [0.2, 0.25) is 0 Å². The first-order valence-corrected chi connectivity index (χ1v) is 10.5. The monoisotopic (exact) mass is 348 g/mol. The van der Waals surface area contributed by atoms with Crippen molar-refractivity contribution in [1.82, 2.24) is 0 Å². The first-order chi connectivity index (χ1) is 8.98. The molecule has 1 fully saturated rings. The Morgan fingerprint density at radius 3 is 2.25 bits per heavy atom. The fraction of sp³-hybridized carbons (Fsp3) is 1.00. The molecule has 0 radical (unpaired) electrons. The van der Waals surface area contributed by atoms with Crippen LogP contribution in [0.2, 0.25) is 0 Å². The van der Waals surface area contributed by atoms with E-state index in [9.17, 15) is 28.7 Å². The van der Waals surface area contributed by atoms with Gasteiger partial charge in [-0.05, 0) is 19.3 Å². The Bertz CT molecular complexity index is 398. The van der Waals surface area contributed by atoms with Crippen molar-refractivity contribution in [3.63, 3.8) is 0 Å². The number of likely N-dealkylation sites (tertiary alicyclic amines) is 1. The minimum absolute atomic E-state index is 0.0844. The lowest BCUT2D eigenvalue weighted by Gasteiger charge is -2.42. The van der Waals surface area contributed by atoms with Crippen molar-refractivity contribution in [2.45, 2.75) is 24.7 Å². The molecule has 1 rings (SSSR count). The molecule has 0 amide bonds. The van der Waals surface area contributed by atoms with Gasteiger partial charge in [0.1, 0.15) is 0 Å². The molecule has 10 heteroatoms. The number of nitrogens with zero attached hydrogens (tertiary/aromatic N) is 1. The Kier molecular flexibility index (Phi) is 6.34. The van der Waals surface area contributed by atoms with Crippen LogP contribution in [-0.2, 0) is 9.13 Å². The van der Waals surface area contributed by atoms with Crippen LogP contribution in [0.1, 0.15) is 19.3 Å². The second-order valence-electron chi connectivity index (χ2n) is 5.88. The highest BCUT2D eigenvalue weighted by molar-refractivity contribution is 7.80. The summed E-state index contributed by atoms with van der Waals surface area (Å²) in [5.41, 5.74) is 0. The van der Waals surface area contributed by atoms with Gasteiger partial charge in [-0.1, -0.05) is 0 Å². The Hall–Kier alpha value is 0.610. The van der Waals surface area contributed by atoms with Crippen LogP contribution in [0.25, 0.3) is 0 Å². The lowest BCUT2D eigenvalue weighted by atomic mass is 9.94. The van der Waals surface area contributed by atoms with Crippen molar-refractivity contribution < 1.29 is 33.2 Å². The highest BCUT2D eigenvalue weighted by atomic mass is 32.1. The normalized spacial score (nSPS) is 28.9. The zero-order chi connectivity index (χ0) is 15.6. The molecule has 1 heterocycles. The maximum absolute atomic E-state index is 11.3. The van der Waals surface area contributed by atoms with Gasteiger partial charge in [0.05, 0.1) is 26.7 Å². The molecule has 0 aliphatic carbocycles. The average Bonchev–Trinajstić information content (AvgIpc) is 2.23. The Morgan fingerprint density at radius 1 is 1.25 bits per heavy atom. The molecule has 120 valence electrons. The van der Waals surface area contributed by atoms with Crippen LogP contribution in [0.3, 0.4) is 0 Å². The molecule has 0 aromatic rings. The SMILES string of the molecule is C[N+]1(CCS)CCCC(CC(P(=O)(O)O)P(=O)(O)O)C1. The van der Waals surface area contributed by atoms with Crippen LogP contribution in [0.15, 0.2) is 0 Å². The molecule has 0 aromatic heterocycles. The summed E-state index contributed by atoms with van der Waals surface area (Å²) in [5, 5.41) is -1.87. The number of quaternary nitrogens is 1. The number of hydrogen-bond acceptors (Lipinski definition) is 3. The van der Waals surface area contributed by atoms with Gasteiger partial charge in [0.15, 0.2) is 5.40 Å². The van der Waals surface area contributed by atoms with Crippen LogP contribution >= 0.6 is 27.8 Å². The lowest BCUT2D eigenvalue weighted by Crippen LogP contribution is -2.52. The molecule has 1 saturated heterocycles. The molecule has 4 N–H and O–H groups in total. The average molecular weight is 348 g/mol. The molecule has 1 aliphatic rings. The van der Waals surface area contributed by atoms with Crippen LogP contribution in [0, 0.1) is 5.92 Å². The summed E-state index contributed by atoms with van der Waals surface area (Å²) < 4.78 is 23.4. The first kappa shape index (κ1) is 18.7. The summed E-state index contributed by atoms with van der Waals surface area (Å²) in [6, 6.07) is 0. The molecule has 0 aromatic carbocycles. The van der Waals surface area contributed by atoms with Gasteiger partial charge in [-0.25, -0.2) is 0 Å². The highest BCUT2D eigenvalue weighted by Crippen LogP contribution is 2.62. The molecule has 0 spiro atoms. The highest BCUT2D eigenvalue weighted by Gasteiger charge is 2.46. The zero-order valence-corrected chi connectivity index (χ0v) is 14.2. The zero-order valence-electron chi connectivity index (χ0n) is 11.5. The van der Waals surface area contributed by atoms with E-state index in [4.69, 9.17) is 0 Å². The molecular formula is C10H24NO6P2S+. The fourth-order valence-corrected chi connectivity index (χ4v) is 6.17. The second-order valence-corrected chi connectivity index (χ2v) is 10.3. The van der Waals surface area contributed by atoms with Crippen molar-refractivity contribution in [3.8, 4) is 0 Å². The van der Waals surface area contributed by atoms with Crippen LogP contribution < -0.4 is 0 Å². The maximum atomic E-state index is 11.3. The molecule has 0 saturated carbocycles. The molecule has 2 unspecified atom stereocenters. The predicted molar refractivity (Wildman–Crippen MR) is 79.9 cm³/mol. The lowest BCUT2D eigenvalue weighted by molar-refractivity contribution is -0.915. The van der Waals surface area contributed by atoms with Gasteiger partial charge < -0.3 is 24.1 Å². The van der Waals surface area contributed by atoms with Crippen LogP contribution in [0.4, 0.5) is 0 Å². The predicted octanol–water partition coefficient (Wildman–Crippen LogP) is 0.844. The summed E-state index contributed by atoms with van der Waals surface area (Å²) >= 11 is 4.21. The van der Waals surface area contributed by atoms with Crippen molar-refractivity contribution in [2.24, 2.45) is 5.92 Å². The summed E-state index contributed by atoms with van der Waals surface area (Å²) in [6.07, 6.45) is 1.51. The van der Waals surface area contributed by atoms with E-state index in [1.165, 1.54) is 0 Å². The molecule has 0 bridgehead atoms. The molecule has 20 heavy (non-hydrogen) atoms. The quantitative estimate of drug-likeness (QED) is 0.276. The molecule has 1 aliphatic heterocycles. The van der Waals surface area contributed by atoms with Crippen LogP contribution in [0.5, 0.6) is 0 Å². The van der Waals surface area contributed by atoms with Gasteiger partial charge in [-0.2, -0.15) is 12.6 Å². The Labute approximate surface area is 124 Å². The number of thiol groups is 1. The van der Waals surface area contributed by atoms with Gasteiger partial charge >= 0.3 is 15.2 Å². The largest absolute Gasteiger partial charge is 0.340 e. The third-order valence-corrected chi connectivity index (χ3v) is 7.95. The summed E-state index contributed by atoms with van der Waals surface area (Å²) in [6.45, 7) is 2.49. The Balaban J connectivity index is 2.80. The van der Waals surface area contributed by atoms with Crippen molar-refractivity contribution in [2.75, 3.05) is 32.4 Å². The van der Waals surface area contributed by atoms with E-state index < -0.39 is 20.6 Å². The van der Waals surface area contributed by atoms with Gasteiger partial charge in [0, 0.05) is 11.7 Å². The number of piperidine rings is 1. The third-order valence-electron chi connectivity index (χ3n) is 3.97. The van der Waals surface area contributed by atoms with E-state index >= 15 is 0 Å². The van der Waals surface area contributed by atoms with Crippen molar-refractivity contribution in [3.05, 3.63) is 0 Å². The molecular weight excluding hydrogens is 324 g/mol. The van der Waals surface area contributed by atoms with Gasteiger partial charge in [0.25, 0.3) is 0 Å². The summed E-state index contributed by atoms with van der Waals surface area (Å²) in [4.78, 5) is 36.7. The smallest absolute Gasteiger partial charge is 0.325 e. The van der Waals surface area contributed by atoms with E-state index in [1.54, 1.807) is 0 Å². The molecule has 2 atom stereocenters. The first-order valence-electron chi connectivity index (χ1n) is 6.53. The topological polar surface area (TPSA) is 115 Å². The summed E-state index contributed by atoms with van der Waals surface area (Å²) in [5.74, 6) is 0.628. The Morgan fingerprint density at radius 2 is 1.80 bits per heavy atom. The van der Waals surface area contributed by atoms with E-state index in [1.807, 2.05) is 7.05 Å². The molecule has 7 nitrogen and oxygen atoms in total. The van der Waals surface area contributed by atoms with Gasteiger partial charge in [-0.3, -0.25) is 9.13 Å². The minimum atomic E-state index is -4.81.